The van der Waals surface area contributed by atoms with Crippen molar-refractivity contribution in [2.75, 3.05) is 20.8 Å². The van der Waals surface area contributed by atoms with E-state index in [1.165, 1.54) is 0 Å². The highest BCUT2D eigenvalue weighted by atomic mass is 16.5. The van der Waals surface area contributed by atoms with Gasteiger partial charge in [0, 0.05) is 29.7 Å². The van der Waals surface area contributed by atoms with E-state index < -0.39 is 5.92 Å². The van der Waals surface area contributed by atoms with Gasteiger partial charge in [-0.3, -0.25) is 9.59 Å². The van der Waals surface area contributed by atoms with E-state index in [0.29, 0.717) is 24.3 Å². The van der Waals surface area contributed by atoms with E-state index in [0.717, 1.165) is 27.6 Å². The Morgan fingerprint density at radius 1 is 0.967 bits per heavy atom. The highest BCUT2D eigenvalue weighted by Crippen LogP contribution is 2.49. The van der Waals surface area contributed by atoms with Gasteiger partial charge in [-0.2, -0.15) is 0 Å². The summed E-state index contributed by atoms with van der Waals surface area (Å²) in [6, 6.07) is 16.9. The van der Waals surface area contributed by atoms with E-state index >= 15 is 0 Å². The molecule has 1 amide bonds. The molecule has 1 saturated heterocycles. The Kier molecular flexibility index (Phi) is 4.46. The highest BCUT2D eigenvalue weighted by molar-refractivity contribution is 6.04. The van der Waals surface area contributed by atoms with E-state index in [2.05, 4.69) is 0 Å². The summed E-state index contributed by atoms with van der Waals surface area (Å²) in [4.78, 5) is 28.4. The average Bonchev–Trinajstić information content (AvgIpc) is 3.00. The number of ketones is 1. The fourth-order valence-corrected chi connectivity index (χ4v) is 5.09. The summed E-state index contributed by atoms with van der Waals surface area (Å²) < 4.78 is 11.4. The average molecular weight is 401 g/mol. The van der Waals surface area contributed by atoms with Gasteiger partial charge in [-0.15, -0.1) is 0 Å². The normalized spacial score (nSPS) is 20.1. The van der Waals surface area contributed by atoms with Crippen molar-refractivity contribution in [3.8, 4) is 11.5 Å². The van der Waals surface area contributed by atoms with Crippen molar-refractivity contribution in [3.63, 3.8) is 0 Å². The topological polar surface area (TPSA) is 55.8 Å². The van der Waals surface area contributed by atoms with Gasteiger partial charge in [-0.05, 0) is 29.3 Å². The number of carbonyl (C=O) groups excluding carboxylic acids is 2. The van der Waals surface area contributed by atoms with Gasteiger partial charge in [0.2, 0.25) is 5.91 Å². The molecule has 0 spiro atoms. The predicted molar refractivity (Wildman–Crippen MR) is 114 cm³/mol. The number of ether oxygens (including phenoxy) is 2. The van der Waals surface area contributed by atoms with E-state index in [4.69, 9.17) is 9.47 Å². The molecule has 0 bridgehead atoms. The van der Waals surface area contributed by atoms with Crippen LogP contribution in [-0.2, 0) is 11.2 Å². The van der Waals surface area contributed by atoms with Gasteiger partial charge in [0.25, 0.3) is 0 Å². The van der Waals surface area contributed by atoms with Crippen LogP contribution in [0.2, 0.25) is 0 Å². The second-order valence-electron chi connectivity index (χ2n) is 7.85. The largest absolute Gasteiger partial charge is 0.496 e. The van der Waals surface area contributed by atoms with Crippen molar-refractivity contribution in [1.29, 1.82) is 0 Å². The number of methoxy groups -OCH3 is 2. The van der Waals surface area contributed by atoms with Crippen molar-refractivity contribution in [2.24, 2.45) is 5.92 Å². The second-order valence-corrected chi connectivity index (χ2v) is 7.85. The van der Waals surface area contributed by atoms with E-state index in [9.17, 15) is 9.59 Å². The molecule has 0 unspecified atom stereocenters. The number of fused-ring (bicyclic) bond motifs is 2. The minimum absolute atomic E-state index is 0.00172. The van der Waals surface area contributed by atoms with Gasteiger partial charge in [0.1, 0.15) is 11.5 Å². The molecule has 3 aromatic rings. The molecular weight excluding hydrogens is 378 g/mol. The number of hydrogen-bond donors (Lipinski definition) is 0. The Bertz CT molecular complexity index is 1150. The molecule has 2 atom stereocenters. The molecule has 5 rings (SSSR count). The number of hydrogen-bond acceptors (Lipinski definition) is 4. The summed E-state index contributed by atoms with van der Waals surface area (Å²) in [6.07, 6.45) is 0.895. The third kappa shape index (κ3) is 2.69. The number of nitrogens with zero attached hydrogens (tertiary/aromatic N) is 1. The smallest absolute Gasteiger partial charge is 0.223 e. The molecule has 0 saturated carbocycles. The summed E-state index contributed by atoms with van der Waals surface area (Å²) in [7, 11) is 3.30. The van der Waals surface area contributed by atoms with Crippen LogP contribution in [0.3, 0.4) is 0 Å². The molecular formula is C25H23NO4. The second kappa shape index (κ2) is 7.17. The molecule has 0 aromatic heterocycles. The standard InChI is InChI=1S/C25H23NO4/c1-29-19-10-8-15-9-11-20(30-2)23-22(15)17(19)12-13-26-21(27)14-18(24(23)26)25(28)16-6-4-3-5-7-16/h3-11,18,24H,12-14H2,1-2H3/t18-,24-/m1/s1. The summed E-state index contributed by atoms with van der Waals surface area (Å²) in [6.45, 7) is 0.551. The zero-order chi connectivity index (χ0) is 20.8. The predicted octanol–water partition coefficient (Wildman–Crippen LogP) is 4.19. The Balaban J connectivity index is 1.76. The number of Topliss-reactive ketones (excluding diaryl/α,β-unsaturated/α-hetero) is 1. The number of benzene rings is 3. The molecule has 1 fully saturated rings. The van der Waals surface area contributed by atoms with Crippen molar-refractivity contribution < 1.29 is 19.1 Å². The van der Waals surface area contributed by atoms with Gasteiger partial charge >= 0.3 is 0 Å². The molecule has 0 radical (unpaired) electrons. The fraction of sp³-hybridized carbons (Fsp3) is 0.280. The molecule has 0 aliphatic carbocycles. The Morgan fingerprint density at radius 2 is 1.67 bits per heavy atom. The first kappa shape index (κ1) is 18.7. The zero-order valence-corrected chi connectivity index (χ0v) is 17.1. The first-order chi connectivity index (χ1) is 14.6. The Labute approximate surface area is 175 Å². The van der Waals surface area contributed by atoms with Crippen LogP contribution in [0.15, 0.2) is 54.6 Å². The quantitative estimate of drug-likeness (QED) is 0.616. The molecule has 2 aliphatic rings. The van der Waals surface area contributed by atoms with Crippen LogP contribution in [0, 0.1) is 5.92 Å². The van der Waals surface area contributed by atoms with Crippen molar-refractivity contribution in [3.05, 3.63) is 71.3 Å². The minimum Gasteiger partial charge on any atom is -0.496 e. The first-order valence-corrected chi connectivity index (χ1v) is 10.2. The van der Waals surface area contributed by atoms with Crippen LogP contribution in [-0.4, -0.2) is 37.4 Å². The monoisotopic (exact) mass is 401 g/mol. The van der Waals surface area contributed by atoms with Crippen LogP contribution in [0.25, 0.3) is 10.8 Å². The lowest BCUT2D eigenvalue weighted by molar-refractivity contribution is -0.128. The van der Waals surface area contributed by atoms with Crippen LogP contribution < -0.4 is 9.47 Å². The van der Waals surface area contributed by atoms with Gasteiger partial charge < -0.3 is 14.4 Å². The molecule has 2 heterocycles. The van der Waals surface area contributed by atoms with Gasteiger partial charge in [0.05, 0.1) is 26.2 Å². The van der Waals surface area contributed by atoms with Crippen molar-refractivity contribution in [1.82, 2.24) is 4.90 Å². The minimum atomic E-state index is -0.448. The van der Waals surface area contributed by atoms with Crippen LogP contribution in [0.5, 0.6) is 11.5 Å². The van der Waals surface area contributed by atoms with Crippen LogP contribution >= 0.6 is 0 Å². The molecule has 30 heavy (non-hydrogen) atoms. The van der Waals surface area contributed by atoms with E-state index in [-0.39, 0.29) is 24.2 Å². The third-order valence-electron chi connectivity index (χ3n) is 6.42. The Morgan fingerprint density at radius 3 is 2.37 bits per heavy atom. The number of carbonyl (C=O) groups is 2. The molecule has 5 heteroatoms. The summed E-state index contributed by atoms with van der Waals surface area (Å²) >= 11 is 0. The zero-order valence-electron chi connectivity index (χ0n) is 17.1. The third-order valence-corrected chi connectivity index (χ3v) is 6.42. The molecule has 3 aromatic carbocycles. The molecule has 152 valence electrons. The summed E-state index contributed by atoms with van der Waals surface area (Å²) in [5, 5.41) is 2.11. The maximum Gasteiger partial charge on any atom is 0.223 e. The molecule has 2 aliphatic heterocycles. The maximum absolute atomic E-state index is 13.5. The lowest BCUT2D eigenvalue weighted by Crippen LogP contribution is -2.31. The highest BCUT2D eigenvalue weighted by Gasteiger charge is 2.47. The van der Waals surface area contributed by atoms with Crippen molar-refractivity contribution >= 4 is 22.5 Å². The number of amides is 1. The maximum atomic E-state index is 13.5. The summed E-state index contributed by atoms with van der Waals surface area (Å²) in [5.74, 6) is 1.07. The summed E-state index contributed by atoms with van der Waals surface area (Å²) in [5.41, 5.74) is 2.62. The van der Waals surface area contributed by atoms with E-state index in [1.807, 2.05) is 59.5 Å². The molecule has 0 N–H and O–H groups in total. The Hall–Kier alpha value is -3.34. The first-order valence-electron chi connectivity index (χ1n) is 10.2. The van der Waals surface area contributed by atoms with Gasteiger partial charge in [0.15, 0.2) is 5.78 Å². The molecule has 5 nitrogen and oxygen atoms in total. The SMILES string of the molecule is COc1ccc2ccc(OC)c3c2c1CCN1C(=O)C[C@@H](C(=O)c2ccccc2)[C@H]31. The van der Waals surface area contributed by atoms with Crippen LogP contribution in [0.1, 0.15) is 33.9 Å². The lowest BCUT2D eigenvalue weighted by atomic mass is 9.84. The van der Waals surface area contributed by atoms with Gasteiger partial charge in [-0.25, -0.2) is 0 Å². The van der Waals surface area contributed by atoms with Crippen molar-refractivity contribution in [2.45, 2.75) is 18.9 Å². The van der Waals surface area contributed by atoms with Gasteiger partial charge in [-0.1, -0.05) is 42.5 Å². The number of rotatable bonds is 4. The fourth-order valence-electron chi connectivity index (χ4n) is 5.09. The lowest BCUT2D eigenvalue weighted by Gasteiger charge is -2.28. The van der Waals surface area contributed by atoms with E-state index in [1.54, 1.807) is 14.2 Å². The van der Waals surface area contributed by atoms with Crippen LogP contribution in [0.4, 0.5) is 0 Å².